The van der Waals surface area contributed by atoms with Crippen molar-refractivity contribution in [2.45, 2.75) is 25.0 Å². The number of halogens is 2. The molecular formula is C14H17F2N3O. The van der Waals surface area contributed by atoms with Gasteiger partial charge in [0, 0.05) is 18.7 Å². The van der Waals surface area contributed by atoms with Crippen LogP contribution in [0.2, 0.25) is 0 Å². The van der Waals surface area contributed by atoms with Crippen LogP contribution in [0.5, 0.6) is 0 Å². The summed E-state index contributed by atoms with van der Waals surface area (Å²) in [4.78, 5) is 5.98. The molecule has 2 atom stereocenters. The first-order chi connectivity index (χ1) is 9.66. The SMILES string of the molecule is NC1=NCC(c2cccc(F)c2F)N1CC1CCCO1. The second-order valence-corrected chi connectivity index (χ2v) is 5.15. The zero-order valence-electron chi connectivity index (χ0n) is 11.1. The van der Waals surface area contributed by atoms with E-state index in [9.17, 15) is 8.78 Å². The third-order valence-electron chi connectivity index (χ3n) is 3.86. The Bertz CT molecular complexity index is 529. The lowest BCUT2D eigenvalue weighted by atomic mass is 10.0. The molecular weight excluding hydrogens is 264 g/mol. The first-order valence-electron chi connectivity index (χ1n) is 6.79. The highest BCUT2D eigenvalue weighted by atomic mass is 19.2. The lowest BCUT2D eigenvalue weighted by molar-refractivity contribution is 0.0849. The fraction of sp³-hybridized carbons (Fsp3) is 0.500. The van der Waals surface area contributed by atoms with Crippen molar-refractivity contribution in [2.75, 3.05) is 19.7 Å². The Morgan fingerprint density at radius 2 is 2.25 bits per heavy atom. The monoisotopic (exact) mass is 281 g/mol. The van der Waals surface area contributed by atoms with Crippen LogP contribution in [0.15, 0.2) is 23.2 Å². The van der Waals surface area contributed by atoms with Gasteiger partial charge in [-0.05, 0) is 18.9 Å². The molecule has 2 aliphatic rings. The maximum atomic E-state index is 13.9. The Hall–Kier alpha value is -1.69. The molecule has 2 heterocycles. The minimum absolute atomic E-state index is 0.0842. The van der Waals surface area contributed by atoms with Crippen molar-refractivity contribution < 1.29 is 13.5 Å². The van der Waals surface area contributed by atoms with Gasteiger partial charge >= 0.3 is 0 Å². The van der Waals surface area contributed by atoms with E-state index >= 15 is 0 Å². The molecule has 2 aliphatic heterocycles. The smallest absolute Gasteiger partial charge is 0.192 e. The van der Waals surface area contributed by atoms with Gasteiger partial charge in [-0.15, -0.1) is 0 Å². The first kappa shape index (κ1) is 13.3. The van der Waals surface area contributed by atoms with Gasteiger partial charge < -0.3 is 15.4 Å². The molecule has 20 heavy (non-hydrogen) atoms. The average molecular weight is 281 g/mol. The maximum Gasteiger partial charge on any atom is 0.192 e. The van der Waals surface area contributed by atoms with E-state index < -0.39 is 11.6 Å². The molecule has 0 bridgehead atoms. The van der Waals surface area contributed by atoms with Crippen molar-refractivity contribution in [3.05, 3.63) is 35.4 Å². The minimum atomic E-state index is -0.843. The van der Waals surface area contributed by atoms with Crippen molar-refractivity contribution in [1.82, 2.24) is 4.90 Å². The van der Waals surface area contributed by atoms with Gasteiger partial charge in [0.05, 0.1) is 18.7 Å². The Kier molecular flexibility index (Phi) is 3.56. The van der Waals surface area contributed by atoms with Crippen molar-refractivity contribution in [3.63, 3.8) is 0 Å². The van der Waals surface area contributed by atoms with Gasteiger partial charge in [0.2, 0.25) is 0 Å². The molecule has 2 N–H and O–H groups in total. The second-order valence-electron chi connectivity index (χ2n) is 5.15. The molecule has 0 spiro atoms. The third kappa shape index (κ3) is 2.35. The van der Waals surface area contributed by atoms with Crippen LogP contribution in [-0.2, 0) is 4.74 Å². The predicted octanol–water partition coefficient (Wildman–Crippen LogP) is 1.82. The van der Waals surface area contributed by atoms with Gasteiger partial charge in [-0.25, -0.2) is 8.78 Å². The summed E-state index contributed by atoms with van der Waals surface area (Å²) >= 11 is 0. The summed E-state index contributed by atoms with van der Waals surface area (Å²) in [6.07, 6.45) is 2.07. The van der Waals surface area contributed by atoms with E-state index in [0.717, 1.165) is 25.5 Å². The van der Waals surface area contributed by atoms with Gasteiger partial charge in [-0.2, -0.15) is 0 Å². The summed E-state index contributed by atoms with van der Waals surface area (Å²) in [7, 11) is 0. The van der Waals surface area contributed by atoms with Gasteiger partial charge in [0.1, 0.15) is 0 Å². The molecule has 1 aromatic rings. The average Bonchev–Trinajstić information content (AvgIpc) is 3.06. The lowest BCUT2D eigenvalue weighted by Crippen LogP contribution is -2.41. The fourth-order valence-electron chi connectivity index (χ4n) is 2.80. The Morgan fingerprint density at radius 3 is 3.00 bits per heavy atom. The topological polar surface area (TPSA) is 50.8 Å². The van der Waals surface area contributed by atoms with Gasteiger partial charge in [0.15, 0.2) is 17.6 Å². The molecule has 3 rings (SSSR count). The minimum Gasteiger partial charge on any atom is -0.376 e. The molecule has 0 amide bonds. The number of guanidine groups is 1. The van der Waals surface area contributed by atoms with E-state index in [4.69, 9.17) is 10.5 Å². The largest absolute Gasteiger partial charge is 0.376 e. The van der Waals surface area contributed by atoms with Crippen molar-refractivity contribution >= 4 is 5.96 Å². The van der Waals surface area contributed by atoms with Crippen LogP contribution in [0.25, 0.3) is 0 Å². The number of ether oxygens (including phenoxy) is 1. The molecule has 0 saturated carbocycles. The van der Waals surface area contributed by atoms with Crippen LogP contribution < -0.4 is 5.73 Å². The van der Waals surface area contributed by atoms with Crippen LogP contribution in [0.4, 0.5) is 8.78 Å². The highest BCUT2D eigenvalue weighted by Crippen LogP contribution is 2.29. The Balaban J connectivity index is 1.83. The summed E-state index contributed by atoms with van der Waals surface area (Å²) in [5.41, 5.74) is 6.18. The summed E-state index contributed by atoms with van der Waals surface area (Å²) in [5.74, 6) is -1.29. The van der Waals surface area contributed by atoms with Crippen LogP contribution in [0.1, 0.15) is 24.4 Å². The van der Waals surface area contributed by atoms with E-state index in [0.29, 0.717) is 24.6 Å². The molecule has 6 heteroatoms. The normalized spacial score (nSPS) is 26.1. The third-order valence-corrected chi connectivity index (χ3v) is 3.86. The molecule has 1 saturated heterocycles. The summed E-state index contributed by atoms with van der Waals surface area (Å²) in [6.45, 7) is 1.66. The number of nitrogens with two attached hydrogens (primary N) is 1. The molecule has 108 valence electrons. The van der Waals surface area contributed by atoms with E-state index in [1.54, 1.807) is 6.07 Å². The molecule has 4 nitrogen and oxygen atoms in total. The van der Waals surface area contributed by atoms with E-state index in [-0.39, 0.29) is 12.1 Å². The van der Waals surface area contributed by atoms with E-state index in [2.05, 4.69) is 4.99 Å². The van der Waals surface area contributed by atoms with Crippen molar-refractivity contribution in [1.29, 1.82) is 0 Å². The van der Waals surface area contributed by atoms with Crippen LogP contribution in [-0.4, -0.2) is 36.7 Å². The van der Waals surface area contributed by atoms with Crippen LogP contribution >= 0.6 is 0 Å². The number of rotatable bonds is 3. The van der Waals surface area contributed by atoms with Crippen molar-refractivity contribution in [2.24, 2.45) is 10.7 Å². The molecule has 1 aromatic carbocycles. The van der Waals surface area contributed by atoms with Gasteiger partial charge in [-0.1, -0.05) is 12.1 Å². The summed E-state index contributed by atoms with van der Waals surface area (Å²) in [6, 6.07) is 3.85. The fourth-order valence-corrected chi connectivity index (χ4v) is 2.80. The van der Waals surface area contributed by atoms with Gasteiger partial charge in [-0.3, -0.25) is 4.99 Å². The van der Waals surface area contributed by atoms with Gasteiger partial charge in [0.25, 0.3) is 0 Å². The van der Waals surface area contributed by atoms with E-state index in [1.807, 2.05) is 4.90 Å². The Labute approximate surface area is 116 Å². The molecule has 1 fully saturated rings. The molecule has 2 unspecified atom stereocenters. The predicted molar refractivity (Wildman–Crippen MR) is 71.3 cm³/mol. The zero-order valence-corrected chi connectivity index (χ0v) is 11.1. The number of benzene rings is 1. The van der Waals surface area contributed by atoms with Crippen molar-refractivity contribution in [3.8, 4) is 0 Å². The van der Waals surface area contributed by atoms with Crippen LogP contribution in [0.3, 0.4) is 0 Å². The molecule has 0 aromatic heterocycles. The summed E-state index contributed by atoms with van der Waals surface area (Å²) < 4.78 is 32.9. The Morgan fingerprint density at radius 1 is 1.40 bits per heavy atom. The number of nitrogens with zero attached hydrogens (tertiary/aromatic N) is 2. The number of hydrogen-bond acceptors (Lipinski definition) is 4. The van der Waals surface area contributed by atoms with Crippen LogP contribution in [0, 0.1) is 11.6 Å². The maximum absolute atomic E-state index is 13.9. The lowest BCUT2D eigenvalue weighted by Gasteiger charge is -2.29. The molecule has 0 radical (unpaired) electrons. The highest BCUT2D eigenvalue weighted by molar-refractivity contribution is 5.80. The second kappa shape index (κ2) is 5.36. The summed E-state index contributed by atoms with van der Waals surface area (Å²) in [5, 5.41) is 0. The number of aliphatic imine (C=N–C) groups is 1. The first-order valence-corrected chi connectivity index (χ1v) is 6.79. The highest BCUT2D eigenvalue weighted by Gasteiger charge is 2.32. The quantitative estimate of drug-likeness (QED) is 0.919. The standard InChI is InChI=1S/C14H17F2N3O/c15-11-5-1-4-10(13(11)16)12-7-18-14(17)19(12)8-9-3-2-6-20-9/h1,4-5,9,12H,2-3,6-8H2,(H2,17,18). The zero-order chi connectivity index (χ0) is 14.1. The molecule has 0 aliphatic carbocycles. The van der Waals surface area contributed by atoms with E-state index in [1.165, 1.54) is 6.07 Å². The number of hydrogen-bond donors (Lipinski definition) is 1.